The van der Waals surface area contributed by atoms with Crippen molar-refractivity contribution in [2.75, 3.05) is 5.33 Å². The van der Waals surface area contributed by atoms with Crippen LogP contribution < -0.4 is 0 Å². The summed E-state index contributed by atoms with van der Waals surface area (Å²) in [5.41, 5.74) is 1.28. The van der Waals surface area contributed by atoms with Crippen molar-refractivity contribution in [3.05, 3.63) is 34.9 Å². The lowest BCUT2D eigenvalue weighted by Gasteiger charge is -2.07. The van der Waals surface area contributed by atoms with Gasteiger partial charge in [-0.15, -0.1) is 0 Å². The number of alkyl halides is 2. The molecule has 0 aliphatic carbocycles. The third kappa shape index (κ3) is 3.08. The van der Waals surface area contributed by atoms with Gasteiger partial charge in [0, 0.05) is 15.2 Å². The van der Waals surface area contributed by atoms with Gasteiger partial charge in [0.15, 0.2) is 0 Å². The highest BCUT2D eigenvalue weighted by atomic mass is 79.9. The maximum absolute atomic E-state index is 5.77. The molecule has 0 nitrogen and oxygen atoms in total. The Morgan fingerprint density at radius 3 is 2.33 bits per heavy atom. The molecule has 1 aromatic carbocycles. The van der Waals surface area contributed by atoms with E-state index in [0.29, 0.717) is 4.83 Å². The number of halogens is 3. The van der Waals surface area contributed by atoms with Crippen LogP contribution in [-0.4, -0.2) is 5.33 Å². The van der Waals surface area contributed by atoms with Crippen LogP contribution in [0.3, 0.4) is 0 Å². The maximum atomic E-state index is 5.77. The molecule has 0 amide bonds. The first-order valence-electron chi connectivity index (χ1n) is 3.69. The molecule has 0 saturated carbocycles. The molecule has 0 fully saturated rings. The molecule has 0 spiro atoms. The predicted octanol–water partition coefficient (Wildman–Crippen LogP) is 4.56. The van der Waals surface area contributed by atoms with Gasteiger partial charge in [0.2, 0.25) is 0 Å². The first-order chi connectivity index (χ1) is 5.74. The standard InChI is InChI=1S/C9H9Br2Cl/c10-6-5-9(11)7-1-3-8(12)4-2-7/h1-4,9H,5-6H2/t9-/m0/s1. The zero-order chi connectivity index (χ0) is 8.97. The van der Waals surface area contributed by atoms with Gasteiger partial charge < -0.3 is 0 Å². The monoisotopic (exact) mass is 310 g/mol. The summed E-state index contributed by atoms with van der Waals surface area (Å²) in [6.07, 6.45) is 1.08. The van der Waals surface area contributed by atoms with Gasteiger partial charge in [0.05, 0.1) is 0 Å². The van der Waals surface area contributed by atoms with Crippen molar-refractivity contribution in [3.63, 3.8) is 0 Å². The fourth-order valence-electron chi connectivity index (χ4n) is 0.934. The molecule has 0 aliphatic rings. The van der Waals surface area contributed by atoms with Gasteiger partial charge in [0.1, 0.15) is 0 Å². The fraction of sp³-hybridized carbons (Fsp3) is 0.333. The summed E-state index contributed by atoms with van der Waals surface area (Å²) < 4.78 is 0. The van der Waals surface area contributed by atoms with Crippen LogP contribution >= 0.6 is 43.5 Å². The molecule has 0 aliphatic heterocycles. The molecule has 0 aromatic heterocycles. The largest absolute Gasteiger partial charge is 0.0928 e. The Bertz CT molecular complexity index is 233. The van der Waals surface area contributed by atoms with Crippen molar-refractivity contribution in [1.82, 2.24) is 0 Å². The van der Waals surface area contributed by atoms with Crippen LogP contribution in [-0.2, 0) is 0 Å². The minimum Gasteiger partial charge on any atom is -0.0928 e. The fourth-order valence-corrected chi connectivity index (χ4v) is 2.67. The molecule has 0 unspecified atom stereocenters. The van der Waals surface area contributed by atoms with E-state index in [2.05, 4.69) is 31.9 Å². The van der Waals surface area contributed by atoms with Crippen LogP contribution in [0.1, 0.15) is 16.8 Å². The van der Waals surface area contributed by atoms with Crippen LogP contribution in [0, 0.1) is 0 Å². The normalized spacial score (nSPS) is 12.9. The van der Waals surface area contributed by atoms with Gasteiger partial charge in [-0.3, -0.25) is 0 Å². The molecule has 0 heterocycles. The minimum absolute atomic E-state index is 0.425. The first-order valence-corrected chi connectivity index (χ1v) is 6.11. The van der Waals surface area contributed by atoms with Gasteiger partial charge >= 0.3 is 0 Å². The molecule has 0 N–H and O–H groups in total. The van der Waals surface area contributed by atoms with Crippen molar-refractivity contribution in [2.24, 2.45) is 0 Å². The van der Waals surface area contributed by atoms with Crippen molar-refractivity contribution in [3.8, 4) is 0 Å². The van der Waals surface area contributed by atoms with Gasteiger partial charge in [0.25, 0.3) is 0 Å². The Morgan fingerprint density at radius 2 is 1.83 bits per heavy atom. The van der Waals surface area contributed by atoms with Crippen molar-refractivity contribution >= 4 is 43.5 Å². The number of rotatable bonds is 3. The highest BCUT2D eigenvalue weighted by molar-refractivity contribution is 9.09. The molecule has 0 radical (unpaired) electrons. The third-order valence-electron chi connectivity index (χ3n) is 1.59. The van der Waals surface area contributed by atoms with E-state index in [9.17, 15) is 0 Å². The van der Waals surface area contributed by atoms with Gasteiger partial charge in [-0.25, -0.2) is 0 Å². The van der Waals surface area contributed by atoms with E-state index in [4.69, 9.17) is 11.6 Å². The van der Waals surface area contributed by atoms with Crippen LogP contribution in [0.4, 0.5) is 0 Å². The lowest BCUT2D eigenvalue weighted by Crippen LogP contribution is -1.89. The molecule has 1 rings (SSSR count). The average molecular weight is 312 g/mol. The molecule has 0 bridgehead atoms. The smallest absolute Gasteiger partial charge is 0.0406 e. The van der Waals surface area contributed by atoms with Crippen LogP contribution in [0.5, 0.6) is 0 Å². The van der Waals surface area contributed by atoms with Crippen LogP contribution in [0.25, 0.3) is 0 Å². The lowest BCUT2D eigenvalue weighted by molar-refractivity contribution is 0.928. The number of hydrogen-bond donors (Lipinski definition) is 0. The molecular formula is C9H9Br2Cl. The topological polar surface area (TPSA) is 0 Å². The quantitative estimate of drug-likeness (QED) is 0.718. The highest BCUT2D eigenvalue weighted by Gasteiger charge is 2.05. The Kier molecular flexibility index (Phi) is 4.62. The van der Waals surface area contributed by atoms with Crippen LogP contribution in [0.2, 0.25) is 5.02 Å². The van der Waals surface area contributed by atoms with Crippen LogP contribution in [0.15, 0.2) is 24.3 Å². The number of hydrogen-bond acceptors (Lipinski definition) is 0. The second-order valence-corrected chi connectivity index (χ2v) is 4.83. The molecule has 66 valence electrons. The molecular weight excluding hydrogens is 303 g/mol. The highest BCUT2D eigenvalue weighted by Crippen LogP contribution is 2.27. The first kappa shape index (κ1) is 10.6. The van der Waals surface area contributed by atoms with E-state index < -0.39 is 0 Å². The van der Waals surface area contributed by atoms with E-state index >= 15 is 0 Å². The Balaban J connectivity index is 2.68. The molecule has 1 aromatic rings. The van der Waals surface area contributed by atoms with E-state index in [-0.39, 0.29) is 0 Å². The van der Waals surface area contributed by atoms with Gasteiger partial charge in [-0.2, -0.15) is 0 Å². The summed E-state index contributed by atoms with van der Waals surface area (Å²) in [4.78, 5) is 0.425. The van der Waals surface area contributed by atoms with E-state index in [1.165, 1.54) is 5.56 Å². The number of benzene rings is 1. The molecule has 1 atom stereocenters. The summed E-state index contributed by atoms with van der Waals surface area (Å²) >= 11 is 12.8. The summed E-state index contributed by atoms with van der Waals surface area (Å²) in [6, 6.07) is 7.92. The van der Waals surface area contributed by atoms with E-state index in [0.717, 1.165) is 16.8 Å². The zero-order valence-electron chi connectivity index (χ0n) is 6.43. The second-order valence-electron chi connectivity index (χ2n) is 2.50. The molecule has 12 heavy (non-hydrogen) atoms. The zero-order valence-corrected chi connectivity index (χ0v) is 10.4. The third-order valence-corrected chi connectivity index (χ3v) is 3.29. The maximum Gasteiger partial charge on any atom is 0.0406 e. The van der Waals surface area contributed by atoms with E-state index in [1.54, 1.807) is 0 Å². The average Bonchev–Trinajstić information content (AvgIpc) is 2.06. The van der Waals surface area contributed by atoms with Crippen molar-refractivity contribution < 1.29 is 0 Å². The lowest BCUT2D eigenvalue weighted by atomic mass is 10.1. The van der Waals surface area contributed by atoms with Crippen molar-refractivity contribution in [2.45, 2.75) is 11.2 Å². The molecule has 3 heteroatoms. The predicted molar refractivity (Wildman–Crippen MR) is 61.5 cm³/mol. The summed E-state index contributed by atoms with van der Waals surface area (Å²) in [5, 5.41) is 1.79. The summed E-state index contributed by atoms with van der Waals surface area (Å²) in [7, 11) is 0. The second kappa shape index (κ2) is 5.25. The Labute approximate surface area is 94.6 Å². The Morgan fingerprint density at radius 1 is 1.25 bits per heavy atom. The molecule has 0 saturated heterocycles. The van der Waals surface area contributed by atoms with E-state index in [1.807, 2.05) is 24.3 Å². The van der Waals surface area contributed by atoms with Crippen molar-refractivity contribution in [1.29, 1.82) is 0 Å². The SMILES string of the molecule is Clc1ccc([C@@H](Br)CCBr)cc1. The van der Waals surface area contributed by atoms with Gasteiger partial charge in [-0.1, -0.05) is 55.6 Å². The Hall–Kier alpha value is 0.470. The minimum atomic E-state index is 0.425. The summed E-state index contributed by atoms with van der Waals surface area (Å²) in [5.74, 6) is 0. The summed E-state index contributed by atoms with van der Waals surface area (Å²) in [6.45, 7) is 0. The van der Waals surface area contributed by atoms with Gasteiger partial charge in [-0.05, 0) is 24.1 Å².